The van der Waals surface area contributed by atoms with Crippen LogP contribution in [0.3, 0.4) is 0 Å². The Morgan fingerprint density at radius 3 is 2.05 bits per heavy atom. The average Bonchev–Trinajstić information content (AvgIpc) is 3.10. The number of rotatable bonds is 3. The first-order valence-electron chi connectivity index (χ1n) is 8.20. The molecule has 106 valence electrons. The highest BCUT2D eigenvalue weighted by Crippen LogP contribution is 2.61. The van der Waals surface area contributed by atoms with Gasteiger partial charge < -0.3 is 10.6 Å². The summed E-state index contributed by atoms with van der Waals surface area (Å²) in [5.74, 6) is 2.88. The zero-order chi connectivity index (χ0) is 13.0. The van der Waals surface area contributed by atoms with Crippen molar-refractivity contribution < 1.29 is 4.79 Å². The van der Waals surface area contributed by atoms with Crippen LogP contribution < -0.4 is 10.6 Å². The van der Waals surface area contributed by atoms with Crippen LogP contribution >= 0.6 is 0 Å². The highest BCUT2D eigenvalue weighted by atomic mass is 16.2. The molecule has 4 bridgehead atoms. The van der Waals surface area contributed by atoms with Gasteiger partial charge in [0, 0.05) is 12.1 Å². The lowest BCUT2D eigenvalue weighted by atomic mass is 9.48. The molecule has 0 aromatic rings. The predicted octanol–water partition coefficient (Wildman–Crippen LogP) is 3.05. The summed E-state index contributed by atoms with van der Waals surface area (Å²) in [5, 5.41) is 6.32. The summed E-state index contributed by atoms with van der Waals surface area (Å²) >= 11 is 0. The fourth-order valence-electron chi connectivity index (χ4n) is 5.51. The minimum Gasteiger partial charge on any atom is -0.335 e. The molecule has 0 aliphatic heterocycles. The van der Waals surface area contributed by atoms with Gasteiger partial charge >= 0.3 is 6.03 Å². The molecule has 0 radical (unpaired) electrons. The van der Waals surface area contributed by atoms with Crippen LogP contribution in [-0.4, -0.2) is 18.1 Å². The summed E-state index contributed by atoms with van der Waals surface area (Å²) < 4.78 is 0. The SMILES string of the molecule is CC(NC(=O)NC1CC1)C12CC3CC(CC(C3)C1)C2. The predicted molar refractivity (Wildman–Crippen MR) is 74.8 cm³/mol. The maximum atomic E-state index is 12.0. The van der Waals surface area contributed by atoms with E-state index in [9.17, 15) is 4.79 Å². The van der Waals surface area contributed by atoms with E-state index < -0.39 is 0 Å². The fourth-order valence-corrected chi connectivity index (χ4v) is 5.51. The van der Waals surface area contributed by atoms with Crippen LogP contribution in [0, 0.1) is 23.2 Å². The summed E-state index contributed by atoms with van der Waals surface area (Å²) in [5.41, 5.74) is 0.426. The van der Waals surface area contributed by atoms with Gasteiger partial charge in [0.1, 0.15) is 0 Å². The van der Waals surface area contributed by atoms with Crippen LogP contribution in [-0.2, 0) is 0 Å². The molecule has 5 rings (SSSR count). The van der Waals surface area contributed by atoms with E-state index in [-0.39, 0.29) is 6.03 Å². The molecular formula is C16H26N2O. The molecule has 2 N–H and O–H groups in total. The summed E-state index contributed by atoms with van der Waals surface area (Å²) in [6.07, 6.45) is 10.8. The number of carbonyl (C=O) groups is 1. The van der Waals surface area contributed by atoms with Crippen molar-refractivity contribution in [2.75, 3.05) is 0 Å². The van der Waals surface area contributed by atoms with Crippen LogP contribution in [0.25, 0.3) is 0 Å². The molecular weight excluding hydrogens is 236 g/mol. The molecule has 19 heavy (non-hydrogen) atoms. The fraction of sp³-hybridized carbons (Fsp3) is 0.938. The minimum atomic E-state index is 0.0748. The van der Waals surface area contributed by atoms with Gasteiger partial charge in [0.25, 0.3) is 0 Å². The molecule has 1 atom stereocenters. The van der Waals surface area contributed by atoms with Gasteiger partial charge in [-0.15, -0.1) is 0 Å². The second kappa shape index (κ2) is 4.13. The summed E-state index contributed by atoms with van der Waals surface area (Å²) in [4.78, 5) is 12.0. The van der Waals surface area contributed by atoms with E-state index in [4.69, 9.17) is 0 Å². The molecule has 0 aromatic carbocycles. The zero-order valence-electron chi connectivity index (χ0n) is 12.0. The number of hydrogen-bond donors (Lipinski definition) is 2. The topological polar surface area (TPSA) is 41.1 Å². The molecule has 5 aliphatic carbocycles. The third kappa shape index (κ3) is 2.15. The van der Waals surface area contributed by atoms with Gasteiger partial charge in [-0.1, -0.05) is 0 Å². The monoisotopic (exact) mass is 262 g/mol. The van der Waals surface area contributed by atoms with Crippen molar-refractivity contribution in [3.8, 4) is 0 Å². The molecule has 1 unspecified atom stereocenters. The second-order valence-electron chi connectivity index (χ2n) is 7.89. The molecule has 0 heterocycles. The van der Waals surface area contributed by atoms with Crippen LogP contribution in [0.15, 0.2) is 0 Å². The molecule has 0 saturated heterocycles. The van der Waals surface area contributed by atoms with Gasteiger partial charge in [-0.05, 0) is 81.5 Å². The lowest BCUT2D eigenvalue weighted by Gasteiger charge is -2.59. The van der Waals surface area contributed by atoms with E-state index in [1.807, 2.05) is 0 Å². The normalized spacial score (nSPS) is 45.0. The first-order chi connectivity index (χ1) is 9.13. The molecule has 2 amide bonds. The lowest BCUT2D eigenvalue weighted by Crippen LogP contribution is -2.57. The van der Waals surface area contributed by atoms with Gasteiger partial charge in [0.15, 0.2) is 0 Å². The largest absolute Gasteiger partial charge is 0.335 e. The number of hydrogen-bond acceptors (Lipinski definition) is 1. The van der Waals surface area contributed by atoms with Crippen LogP contribution in [0.5, 0.6) is 0 Å². The van der Waals surface area contributed by atoms with E-state index in [0.29, 0.717) is 17.5 Å². The minimum absolute atomic E-state index is 0.0748. The van der Waals surface area contributed by atoms with Crippen molar-refractivity contribution in [1.29, 1.82) is 0 Å². The summed E-state index contributed by atoms with van der Waals surface area (Å²) in [7, 11) is 0. The van der Waals surface area contributed by atoms with E-state index in [2.05, 4.69) is 17.6 Å². The van der Waals surface area contributed by atoms with Crippen molar-refractivity contribution in [3.63, 3.8) is 0 Å². The van der Waals surface area contributed by atoms with Crippen molar-refractivity contribution in [1.82, 2.24) is 10.6 Å². The van der Waals surface area contributed by atoms with E-state index in [1.165, 1.54) is 51.4 Å². The van der Waals surface area contributed by atoms with Gasteiger partial charge in [-0.3, -0.25) is 0 Å². The van der Waals surface area contributed by atoms with Crippen LogP contribution in [0.4, 0.5) is 4.79 Å². The first-order valence-corrected chi connectivity index (χ1v) is 8.20. The molecule has 5 saturated carbocycles. The zero-order valence-corrected chi connectivity index (χ0v) is 12.0. The van der Waals surface area contributed by atoms with Crippen molar-refractivity contribution >= 4 is 6.03 Å². The Hall–Kier alpha value is -0.730. The number of nitrogens with one attached hydrogen (secondary N) is 2. The lowest BCUT2D eigenvalue weighted by molar-refractivity contribution is -0.0682. The highest BCUT2D eigenvalue weighted by molar-refractivity contribution is 5.75. The average molecular weight is 262 g/mol. The Balaban J connectivity index is 1.43. The maximum absolute atomic E-state index is 12.0. The summed E-state index contributed by atoms with van der Waals surface area (Å²) in [6, 6.07) is 0.883. The second-order valence-corrected chi connectivity index (χ2v) is 7.89. The Kier molecular flexibility index (Phi) is 2.62. The highest BCUT2D eigenvalue weighted by Gasteiger charge is 2.53. The Morgan fingerprint density at radius 1 is 1.05 bits per heavy atom. The van der Waals surface area contributed by atoms with Crippen molar-refractivity contribution in [3.05, 3.63) is 0 Å². The molecule has 3 nitrogen and oxygen atoms in total. The van der Waals surface area contributed by atoms with Crippen LogP contribution in [0.1, 0.15) is 58.3 Å². The molecule has 3 heteroatoms. The Morgan fingerprint density at radius 2 is 1.58 bits per heavy atom. The number of urea groups is 1. The van der Waals surface area contributed by atoms with Gasteiger partial charge in [0.2, 0.25) is 0 Å². The molecule has 5 aliphatic rings. The van der Waals surface area contributed by atoms with E-state index >= 15 is 0 Å². The standard InChI is InChI=1S/C16H26N2O/c1-10(17-15(19)18-14-2-3-14)16-7-11-4-12(8-16)6-13(5-11)9-16/h10-14H,2-9H2,1H3,(H2,17,18,19). The Bertz CT molecular complexity index is 353. The number of carbonyl (C=O) groups excluding carboxylic acids is 1. The quantitative estimate of drug-likeness (QED) is 0.806. The van der Waals surface area contributed by atoms with Crippen molar-refractivity contribution in [2.45, 2.75) is 70.4 Å². The third-order valence-corrected chi connectivity index (χ3v) is 6.26. The first kappa shape index (κ1) is 12.0. The van der Waals surface area contributed by atoms with Crippen molar-refractivity contribution in [2.24, 2.45) is 23.2 Å². The van der Waals surface area contributed by atoms with Crippen LogP contribution in [0.2, 0.25) is 0 Å². The molecule has 0 aromatic heterocycles. The van der Waals surface area contributed by atoms with Gasteiger partial charge in [-0.25, -0.2) is 4.79 Å². The van der Waals surface area contributed by atoms with E-state index in [0.717, 1.165) is 17.8 Å². The smallest absolute Gasteiger partial charge is 0.315 e. The molecule has 0 spiro atoms. The Labute approximate surface area is 115 Å². The maximum Gasteiger partial charge on any atom is 0.315 e. The number of amides is 2. The summed E-state index contributed by atoms with van der Waals surface area (Å²) in [6.45, 7) is 2.25. The third-order valence-electron chi connectivity index (χ3n) is 6.26. The van der Waals surface area contributed by atoms with Gasteiger partial charge in [0.05, 0.1) is 0 Å². The van der Waals surface area contributed by atoms with Gasteiger partial charge in [-0.2, -0.15) is 0 Å². The van der Waals surface area contributed by atoms with E-state index in [1.54, 1.807) is 0 Å². The molecule has 5 fully saturated rings.